The normalized spacial score (nSPS) is 10.9. The molecule has 0 aliphatic rings. The molecule has 0 spiro atoms. The molecule has 1 aromatic carbocycles. The van der Waals surface area contributed by atoms with Crippen LogP contribution in [0.15, 0.2) is 67.1 Å². The van der Waals surface area contributed by atoms with Gasteiger partial charge in [-0.3, -0.25) is 14.2 Å². The minimum atomic E-state index is -0.280. The number of nitrogens with one attached hydrogen (secondary N) is 1. The van der Waals surface area contributed by atoms with Gasteiger partial charge in [-0.05, 0) is 48.4 Å². The number of aryl methyl sites for hydroxylation is 1. The van der Waals surface area contributed by atoms with E-state index in [4.69, 9.17) is 0 Å². The number of halogens is 1. The van der Waals surface area contributed by atoms with Crippen LogP contribution in [0.5, 0.6) is 0 Å². The van der Waals surface area contributed by atoms with Crippen molar-refractivity contribution < 1.29 is 9.18 Å². The largest absolute Gasteiger partial charge is 0.347 e. The van der Waals surface area contributed by atoms with Crippen LogP contribution in [0.4, 0.5) is 4.39 Å². The molecule has 1 N–H and O–H groups in total. The third-order valence-corrected chi connectivity index (χ3v) is 4.36. The quantitative estimate of drug-likeness (QED) is 0.603. The first-order valence-electron chi connectivity index (χ1n) is 8.53. The first-order valence-corrected chi connectivity index (χ1v) is 8.53. The maximum Gasteiger partial charge on any atom is 0.271 e. The first-order chi connectivity index (χ1) is 13.1. The summed E-state index contributed by atoms with van der Waals surface area (Å²) in [6.45, 7) is 2.01. The van der Waals surface area contributed by atoms with E-state index in [9.17, 15) is 9.18 Å². The van der Waals surface area contributed by atoms with Crippen molar-refractivity contribution in [3.05, 3.63) is 89.8 Å². The highest BCUT2D eigenvalue weighted by Gasteiger charge is 2.13. The number of hydrogen-bond acceptors (Lipinski definition) is 3. The average molecular weight is 360 g/mol. The second-order valence-corrected chi connectivity index (χ2v) is 6.27. The molecule has 27 heavy (non-hydrogen) atoms. The van der Waals surface area contributed by atoms with Gasteiger partial charge in [0.25, 0.3) is 5.91 Å². The molecule has 3 aromatic heterocycles. The highest BCUT2D eigenvalue weighted by Crippen LogP contribution is 2.20. The number of pyridine rings is 2. The molecular formula is C21H17FN4O. The number of aromatic nitrogens is 3. The SMILES string of the molecule is Cc1cc(CNC(=O)c2cn3c(-c4cccnc4)cccc3n2)ccc1F. The standard InChI is InChI=1S/C21H17FN4O/c1-14-10-15(7-8-17(14)22)11-24-21(27)18-13-26-19(5-2-6-20(26)25-18)16-4-3-9-23-12-16/h2-10,12-13H,11H2,1H3,(H,24,27). The van der Waals surface area contributed by atoms with E-state index in [2.05, 4.69) is 15.3 Å². The van der Waals surface area contributed by atoms with Crippen LogP contribution in [0.3, 0.4) is 0 Å². The van der Waals surface area contributed by atoms with E-state index < -0.39 is 0 Å². The van der Waals surface area contributed by atoms with Crippen LogP contribution in [0.2, 0.25) is 0 Å². The van der Waals surface area contributed by atoms with Crippen LogP contribution < -0.4 is 5.32 Å². The molecule has 0 aliphatic carbocycles. The predicted molar refractivity (Wildman–Crippen MR) is 101 cm³/mol. The van der Waals surface area contributed by atoms with E-state index in [0.29, 0.717) is 23.4 Å². The van der Waals surface area contributed by atoms with Crippen LogP contribution in [-0.2, 0) is 6.54 Å². The van der Waals surface area contributed by atoms with Crippen LogP contribution in [-0.4, -0.2) is 20.3 Å². The van der Waals surface area contributed by atoms with Gasteiger partial charge in [-0.25, -0.2) is 9.37 Å². The van der Waals surface area contributed by atoms with Crippen molar-refractivity contribution in [2.45, 2.75) is 13.5 Å². The predicted octanol–water partition coefficient (Wildman–Crippen LogP) is 3.77. The number of amides is 1. The fourth-order valence-electron chi connectivity index (χ4n) is 2.96. The topological polar surface area (TPSA) is 59.3 Å². The third-order valence-electron chi connectivity index (χ3n) is 4.36. The molecule has 6 heteroatoms. The third kappa shape index (κ3) is 3.42. The molecular weight excluding hydrogens is 343 g/mol. The van der Waals surface area contributed by atoms with E-state index in [-0.39, 0.29) is 11.7 Å². The van der Waals surface area contributed by atoms with Crippen molar-refractivity contribution in [3.8, 4) is 11.3 Å². The van der Waals surface area contributed by atoms with Crippen LogP contribution in [0, 0.1) is 12.7 Å². The van der Waals surface area contributed by atoms with Crippen molar-refractivity contribution in [1.29, 1.82) is 0 Å². The van der Waals surface area contributed by atoms with Gasteiger partial charge in [-0.1, -0.05) is 18.2 Å². The number of benzene rings is 1. The van der Waals surface area contributed by atoms with Crippen molar-refractivity contribution >= 4 is 11.6 Å². The molecule has 0 saturated heterocycles. The summed E-state index contributed by atoms with van der Waals surface area (Å²) in [5, 5.41) is 2.83. The smallest absolute Gasteiger partial charge is 0.271 e. The summed E-state index contributed by atoms with van der Waals surface area (Å²) in [5.41, 5.74) is 4.23. The molecule has 0 radical (unpaired) electrons. The number of rotatable bonds is 4. The Morgan fingerprint density at radius 1 is 1.19 bits per heavy atom. The number of fused-ring (bicyclic) bond motifs is 1. The lowest BCUT2D eigenvalue weighted by atomic mass is 10.1. The van der Waals surface area contributed by atoms with E-state index in [1.807, 2.05) is 34.7 Å². The highest BCUT2D eigenvalue weighted by atomic mass is 19.1. The van der Waals surface area contributed by atoms with Crippen molar-refractivity contribution in [2.24, 2.45) is 0 Å². The molecule has 0 saturated carbocycles. The first kappa shape index (κ1) is 16.9. The summed E-state index contributed by atoms with van der Waals surface area (Å²) in [6, 6.07) is 14.3. The molecule has 134 valence electrons. The number of carbonyl (C=O) groups excluding carboxylic acids is 1. The molecule has 0 atom stereocenters. The fraction of sp³-hybridized carbons (Fsp3) is 0.0952. The summed E-state index contributed by atoms with van der Waals surface area (Å²) in [5.74, 6) is -0.536. The lowest BCUT2D eigenvalue weighted by Gasteiger charge is -2.05. The summed E-state index contributed by atoms with van der Waals surface area (Å²) in [4.78, 5) is 21.1. The molecule has 5 nitrogen and oxygen atoms in total. The summed E-state index contributed by atoms with van der Waals surface area (Å²) in [7, 11) is 0. The Kier molecular flexibility index (Phi) is 4.38. The second kappa shape index (κ2) is 6.99. The van der Waals surface area contributed by atoms with Gasteiger partial charge in [-0.2, -0.15) is 0 Å². The zero-order valence-electron chi connectivity index (χ0n) is 14.7. The minimum Gasteiger partial charge on any atom is -0.347 e. The van der Waals surface area contributed by atoms with E-state index in [1.54, 1.807) is 37.6 Å². The zero-order valence-corrected chi connectivity index (χ0v) is 14.7. The summed E-state index contributed by atoms with van der Waals surface area (Å²) < 4.78 is 15.2. The van der Waals surface area contributed by atoms with Gasteiger partial charge in [0.15, 0.2) is 0 Å². The van der Waals surface area contributed by atoms with Crippen LogP contribution >= 0.6 is 0 Å². The van der Waals surface area contributed by atoms with Crippen LogP contribution in [0.25, 0.3) is 16.9 Å². The number of hydrogen-bond donors (Lipinski definition) is 1. The van der Waals surface area contributed by atoms with Gasteiger partial charge in [0, 0.05) is 30.7 Å². The lowest BCUT2D eigenvalue weighted by Crippen LogP contribution is -2.23. The van der Waals surface area contributed by atoms with E-state index >= 15 is 0 Å². The zero-order chi connectivity index (χ0) is 18.8. The monoisotopic (exact) mass is 360 g/mol. The Labute approximate surface area is 155 Å². The number of carbonyl (C=O) groups is 1. The molecule has 0 aliphatic heterocycles. The molecule has 3 heterocycles. The Hall–Kier alpha value is -3.54. The average Bonchev–Trinajstić information content (AvgIpc) is 3.14. The Bertz CT molecular complexity index is 1120. The summed E-state index contributed by atoms with van der Waals surface area (Å²) >= 11 is 0. The Balaban J connectivity index is 1.58. The molecule has 4 aromatic rings. The molecule has 0 unspecified atom stereocenters. The second-order valence-electron chi connectivity index (χ2n) is 6.27. The van der Waals surface area contributed by atoms with Gasteiger partial charge in [0.1, 0.15) is 17.2 Å². The van der Waals surface area contributed by atoms with Gasteiger partial charge >= 0.3 is 0 Å². The van der Waals surface area contributed by atoms with Crippen molar-refractivity contribution in [1.82, 2.24) is 19.7 Å². The molecule has 0 bridgehead atoms. The van der Waals surface area contributed by atoms with Gasteiger partial charge < -0.3 is 5.32 Å². The van der Waals surface area contributed by atoms with Crippen molar-refractivity contribution in [2.75, 3.05) is 0 Å². The fourth-order valence-corrected chi connectivity index (χ4v) is 2.96. The minimum absolute atomic E-state index is 0.256. The van der Waals surface area contributed by atoms with Gasteiger partial charge in [0.2, 0.25) is 0 Å². The van der Waals surface area contributed by atoms with Crippen LogP contribution in [0.1, 0.15) is 21.6 Å². The lowest BCUT2D eigenvalue weighted by molar-refractivity contribution is 0.0946. The van der Waals surface area contributed by atoms with E-state index in [0.717, 1.165) is 16.8 Å². The maximum absolute atomic E-state index is 13.4. The maximum atomic E-state index is 13.4. The van der Waals surface area contributed by atoms with Gasteiger partial charge in [-0.15, -0.1) is 0 Å². The van der Waals surface area contributed by atoms with Crippen molar-refractivity contribution in [3.63, 3.8) is 0 Å². The summed E-state index contributed by atoms with van der Waals surface area (Å²) in [6.07, 6.45) is 5.20. The Morgan fingerprint density at radius 2 is 2.07 bits per heavy atom. The molecule has 1 amide bonds. The van der Waals surface area contributed by atoms with Gasteiger partial charge in [0.05, 0.1) is 5.69 Å². The number of nitrogens with zero attached hydrogens (tertiary/aromatic N) is 3. The highest BCUT2D eigenvalue weighted by molar-refractivity contribution is 5.93. The number of imidazole rings is 1. The van der Waals surface area contributed by atoms with E-state index in [1.165, 1.54) is 6.07 Å². The Morgan fingerprint density at radius 3 is 2.85 bits per heavy atom. The molecule has 0 fully saturated rings. The molecule has 4 rings (SSSR count).